The average molecular weight is 253 g/mol. The zero-order valence-corrected chi connectivity index (χ0v) is 11.6. The van der Waals surface area contributed by atoms with Gasteiger partial charge >= 0.3 is 0 Å². The molecule has 1 N–H and O–H groups in total. The zero-order valence-electron chi connectivity index (χ0n) is 11.6. The van der Waals surface area contributed by atoms with Gasteiger partial charge in [0.1, 0.15) is 0 Å². The van der Waals surface area contributed by atoms with Gasteiger partial charge in [0.05, 0.1) is 20.8 Å². The van der Waals surface area contributed by atoms with E-state index in [2.05, 4.69) is 4.90 Å². The monoisotopic (exact) mass is 253 g/mol. The van der Waals surface area contributed by atoms with Crippen LogP contribution in [-0.4, -0.2) is 50.5 Å². The largest absolute Gasteiger partial charge is 0.493 e. The summed E-state index contributed by atoms with van der Waals surface area (Å²) in [4.78, 5) is 2.14. The number of aliphatic hydroxyl groups is 1. The van der Waals surface area contributed by atoms with E-state index in [1.54, 1.807) is 14.2 Å². The third-order valence-corrected chi connectivity index (χ3v) is 3.22. The van der Waals surface area contributed by atoms with Crippen molar-refractivity contribution in [3.63, 3.8) is 0 Å². The molecular weight excluding hydrogens is 230 g/mol. The van der Waals surface area contributed by atoms with Crippen LogP contribution in [0.2, 0.25) is 0 Å². The lowest BCUT2D eigenvalue weighted by Crippen LogP contribution is -2.33. The van der Waals surface area contributed by atoms with Crippen molar-refractivity contribution in [3.8, 4) is 11.5 Å². The number of methoxy groups -OCH3 is 2. The van der Waals surface area contributed by atoms with Crippen molar-refractivity contribution < 1.29 is 14.6 Å². The number of likely N-dealkylation sites (N-methyl/N-ethyl adjacent to an activating group) is 1. The first kappa shape index (κ1) is 14.8. The van der Waals surface area contributed by atoms with Crippen LogP contribution in [0.25, 0.3) is 0 Å². The summed E-state index contributed by atoms with van der Waals surface area (Å²) in [5, 5.41) is 9.07. The lowest BCUT2D eigenvalue weighted by Gasteiger charge is -2.22. The van der Waals surface area contributed by atoms with E-state index in [1.165, 1.54) is 5.56 Å². The van der Waals surface area contributed by atoms with Crippen molar-refractivity contribution in [1.82, 2.24) is 4.90 Å². The summed E-state index contributed by atoms with van der Waals surface area (Å²) in [6, 6.07) is 6.14. The van der Waals surface area contributed by atoms with Gasteiger partial charge in [-0.1, -0.05) is 6.07 Å². The molecule has 0 saturated heterocycles. The second kappa shape index (κ2) is 7.24. The molecule has 0 aliphatic heterocycles. The Morgan fingerprint density at radius 1 is 1.22 bits per heavy atom. The number of ether oxygens (including phenoxy) is 2. The zero-order chi connectivity index (χ0) is 13.5. The molecule has 1 atom stereocenters. The number of nitrogens with zero attached hydrogens (tertiary/aromatic N) is 1. The Bertz CT molecular complexity index is 368. The van der Waals surface area contributed by atoms with Gasteiger partial charge in [-0.25, -0.2) is 0 Å². The molecule has 4 nitrogen and oxygen atoms in total. The minimum atomic E-state index is 0.183. The van der Waals surface area contributed by atoms with E-state index >= 15 is 0 Å². The van der Waals surface area contributed by atoms with E-state index < -0.39 is 0 Å². The Hall–Kier alpha value is -1.26. The minimum absolute atomic E-state index is 0.183. The number of rotatable bonds is 7. The third-order valence-electron chi connectivity index (χ3n) is 3.22. The average Bonchev–Trinajstić information content (AvgIpc) is 2.43. The van der Waals surface area contributed by atoms with Crippen LogP contribution in [0.5, 0.6) is 11.5 Å². The van der Waals surface area contributed by atoms with Crippen molar-refractivity contribution in [2.75, 3.05) is 34.4 Å². The molecule has 0 aliphatic rings. The predicted octanol–water partition coefficient (Wildman–Crippen LogP) is 1.56. The summed E-state index contributed by atoms with van der Waals surface area (Å²) >= 11 is 0. The molecule has 1 aromatic rings. The lowest BCUT2D eigenvalue weighted by molar-refractivity contribution is 0.160. The molecule has 0 aromatic heterocycles. The van der Waals surface area contributed by atoms with Crippen molar-refractivity contribution in [2.24, 2.45) is 0 Å². The van der Waals surface area contributed by atoms with E-state index in [-0.39, 0.29) is 12.6 Å². The van der Waals surface area contributed by atoms with Gasteiger partial charge in [-0.15, -0.1) is 0 Å². The highest BCUT2D eigenvalue weighted by molar-refractivity contribution is 5.42. The first-order chi connectivity index (χ1) is 8.62. The van der Waals surface area contributed by atoms with Crippen molar-refractivity contribution in [3.05, 3.63) is 23.8 Å². The molecule has 0 spiro atoms. The Morgan fingerprint density at radius 3 is 2.44 bits per heavy atom. The minimum Gasteiger partial charge on any atom is -0.493 e. The van der Waals surface area contributed by atoms with Crippen LogP contribution in [0.1, 0.15) is 12.5 Å². The van der Waals surface area contributed by atoms with Gasteiger partial charge in [-0.3, -0.25) is 0 Å². The number of benzene rings is 1. The molecule has 1 aromatic carbocycles. The van der Waals surface area contributed by atoms with E-state index in [9.17, 15) is 0 Å². The molecule has 1 rings (SSSR count). The fraction of sp³-hybridized carbons (Fsp3) is 0.571. The Labute approximate surface area is 109 Å². The SMILES string of the molecule is COc1ccc(CCN(C)[C@@H](C)CO)cc1OC. The fourth-order valence-electron chi connectivity index (χ4n) is 1.70. The van der Waals surface area contributed by atoms with Gasteiger partial charge in [0.25, 0.3) is 0 Å². The van der Waals surface area contributed by atoms with E-state index in [0.717, 1.165) is 24.5 Å². The maximum atomic E-state index is 9.07. The second-order valence-electron chi connectivity index (χ2n) is 4.45. The summed E-state index contributed by atoms with van der Waals surface area (Å²) in [5.74, 6) is 1.51. The quantitative estimate of drug-likeness (QED) is 0.800. The van der Waals surface area contributed by atoms with Gasteiger partial charge in [-0.2, -0.15) is 0 Å². The molecule has 0 unspecified atom stereocenters. The Balaban J connectivity index is 2.63. The van der Waals surface area contributed by atoms with Crippen LogP contribution >= 0.6 is 0 Å². The highest BCUT2D eigenvalue weighted by atomic mass is 16.5. The Kier molecular flexibility index (Phi) is 5.95. The highest BCUT2D eigenvalue weighted by Gasteiger charge is 2.09. The maximum absolute atomic E-state index is 9.07. The summed E-state index contributed by atoms with van der Waals surface area (Å²) in [6.07, 6.45) is 0.918. The first-order valence-corrected chi connectivity index (χ1v) is 6.14. The van der Waals surface area contributed by atoms with Gasteiger partial charge in [0, 0.05) is 12.6 Å². The van der Waals surface area contributed by atoms with Crippen LogP contribution in [-0.2, 0) is 6.42 Å². The topological polar surface area (TPSA) is 41.9 Å². The molecule has 0 fully saturated rings. The molecule has 18 heavy (non-hydrogen) atoms. The van der Waals surface area contributed by atoms with Crippen LogP contribution < -0.4 is 9.47 Å². The Morgan fingerprint density at radius 2 is 1.89 bits per heavy atom. The van der Waals surface area contributed by atoms with E-state index in [1.807, 2.05) is 32.2 Å². The first-order valence-electron chi connectivity index (χ1n) is 6.14. The summed E-state index contributed by atoms with van der Waals surface area (Å²) in [7, 11) is 5.29. The molecule has 0 radical (unpaired) electrons. The third kappa shape index (κ3) is 3.89. The van der Waals surface area contributed by atoms with Gasteiger partial charge in [0.2, 0.25) is 0 Å². The van der Waals surface area contributed by atoms with Gasteiger partial charge in [-0.05, 0) is 38.1 Å². The maximum Gasteiger partial charge on any atom is 0.160 e. The van der Waals surface area contributed by atoms with E-state index in [0.29, 0.717) is 0 Å². The fourth-order valence-corrected chi connectivity index (χ4v) is 1.70. The molecule has 4 heteroatoms. The van der Waals surface area contributed by atoms with Crippen molar-refractivity contribution in [2.45, 2.75) is 19.4 Å². The highest BCUT2D eigenvalue weighted by Crippen LogP contribution is 2.27. The van der Waals surface area contributed by atoms with Gasteiger partial charge < -0.3 is 19.5 Å². The smallest absolute Gasteiger partial charge is 0.160 e. The van der Waals surface area contributed by atoms with Crippen LogP contribution in [0.3, 0.4) is 0 Å². The normalized spacial score (nSPS) is 12.6. The molecule has 0 saturated carbocycles. The molecule has 0 amide bonds. The van der Waals surface area contributed by atoms with Crippen molar-refractivity contribution >= 4 is 0 Å². The summed E-state index contributed by atoms with van der Waals surface area (Å²) < 4.78 is 10.5. The molecule has 0 bridgehead atoms. The standard InChI is InChI=1S/C14H23NO3/c1-11(10-16)15(2)8-7-12-5-6-13(17-3)14(9-12)18-4/h5-6,9,11,16H,7-8,10H2,1-4H3/t11-/m0/s1. The summed E-state index contributed by atoms with van der Waals surface area (Å²) in [6.45, 7) is 3.09. The van der Waals surface area contributed by atoms with Crippen molar-refractivity contribution in [1.29, 1.82) is 0 Å². The number of hydrogen-bond acceptors (Lipinski definition) is 4. The molecule has 102 valence electrons. The van der Waals surface area contributed by atoms with Crippen LogP contribution in [0.4, 0.5) is 0 Å². The second-order valence-corrected chi connectivity index (χ2v) is 4.45. The predicted molar refractivity (Wildman–Crippen MR) is 72.4 cm³/mol. The lowest BCUT2D eigenvalue weighted by atomic mass is 10.1. The molecular formula is C14H23NO3. The van der Waals surface area contributed by atoms with E-state index in [4.69, 9.17) is 14.6 Å². The summed E-state index contributed by atoms with van der Waals surface area (Å²) in [5.41, 5.74) is 1.20. The molecule has 0 heterocycles. The number of aliphatic hydroxyl groups excluding tert-OH is 1. The van der Waals surface area contributed by atoms with Gasteiger partial charge in [0.15, 0.2) is 11.5 Å². The molecule has 0 aliphatic carbocycles. The van der Waals surface area contributed by atoms with Crippen LogP contribution in [0.15, 0.2) is 18.2 Å². The van der Waals surface area contributed by atoms with Crippen LogP contribution in [0, 0.1) is 0 Å². The number of hydrogen-bond donors (Lipinski definition) is 1.